The van der Waals surface area contributed by atoms with Gasteiger partial charge in [-0.1, -0.05) is 36.4 Å². The van der Waals surface area contributed by atoms with E-state index in [9.17, 15) is 14.4 Å². The third-order valence-electron chi connectivity index (χ3n) is 5.80. The first-order chi connectivity index (χ1) is 15.0. The second-order valence-electron chi connectivity index (χ2n) is 7.90. The minimum absolute atomic E-state index is 0.00370. The number of piperazine rings is 1. The summed E-state index contributed by atoms with van der Waals surface area (Å²) in [7, 11) is 2.13. The molecular weight excluding hydrogens is 394 g/mol. The van der Waals surface area contributed by atoms with Crippen LogP contribution in [-0.2, 0) is 17.9 Å². The Morgan fingerprint density at radius 1 is 0.968 bits per heavy atom. The molecule has 162 valence electrons. The lowest BCUT2D eigenvalue weighted by Gasteiger charge is -2.35. The summed E-state index contributed by atoms with van der Waals surface area (Å²) >= 11 is 0. The molecule has 4 amide bonds. The molecule has 0 aromatic heterocycles. The molecule has 2 aromatic rings. The number of likely N-dealkylation sites (N-methyl/N-ethyl adjacent to an activating group) is 1. The Balaban J connectivity index is 1.46. The summed E-state index contributed by atoms with van der Waals surface area (Å²) in [5.41, 5.74) is 3.31. The van der Waals surface area contributed by atoms with Crippen LogP contribution in [0.4, 0.5) is 10.5 Å². The highest BCUT2D eigenvalue weighted by molar-refractivity contribution is 6.02. The lowest BCUT2D eigenvalue weighted by atomic mass is 10.1. The zero-order valence-electron chi connectivity index (χ0n) is 17.6. The second-order valence-corrected chi connectivity index (χ2v) is 7.90. The number of anilines is 1. The van der Waals surface area contributed by atoms with Gasteiger partial charge in [0.25, 0.3) is 5.91 Å². The number of amides is 4. The van der Waals surface area contributed by atoms with Crippen LogP contribution in [0.3, 0.4) is 0 Å². The highest BCUT2D eigenvalue weighted by Crippen LogP contribution is 2.22. The van der Waals surface area contributed by atoms with E-state index < -0.39 is 6.03 Å². The third-order valence-corrected chi connectivity index (χ3v) is 5.80. The number of hydrogen-bond donors (Lipinski definition) is 2. The molecule has 2 saturated heterocycles. The maximum absolute atomic E-state index is 13.0. The molecule has 0 aliphatic carbocycles. The average Bonchev–Trinajstić information content (AvgIpc) is 3.11. The van der Waals surface area contributed by atoms with Crippen LogP contribution in [0.1, 0.15) is 21.5 Å². The van der Waals surface area contributed by atoms with Gasteiger partial charge in [-0.2, -0.15) is 0 Å². The second kappa shape index (κ2) is 9.18. The van der Waals surface area contributed by atoms with Crippen LogP contribution in [0, 0.1) is 0 Å². The first kappa shape index (κ1) is 20.9. The minimum Gasteiger partial charge on any atom is -0.369 e. The number of hydrogen-bond acceptors (Lipinski definition) is 5. The molecule has 0 unspecified atom stereocenters. The summed E-state index contributed by atoms with van der Waals surface area (Å²) in [6.07, 6.45) is 0. The van der Waals surface area contributed by atoms with E-state index >= 15 is 0 Å². The van der Waals surface area contributed by atoms with Crippen molar-refractivity contribution in [2.24, 2.45) is 0 Å². The van der Waals surface area contributed by atoms with Gasteiger partial charge in [0.2, 0.25) is 5.91 Å². The standard InChI is InChI=1S/C23H27N5O3/c1-26-10-12-27(13-11-26)20-9-5-3-6-17(20)14-24-22(30)19-8-4-2-7-18(19)16-28-21(29)15-25-23(28)31/h2-9H,10-16H2,1H3,(H,24,30)(H,25,31). The van der Waals surface area contributed by atoms with Crippen molar-refractivity contribution in [1.82, 2.24) is 20.4 Å². The minimum atomic E-state index is -0.429. The summed E-state index contributed by atoms with van der Waals surface area (Å²) in [6.45, 7) is 4.40. The number of benzene rings is 2. The Morgan fingerprint density at radius 2 is 1.65 bits per heavy atom. The van der Waals surface area contributed by atoms with Crippen LogP contribution >= 0.6 is 0 Å². The number of carbonyl (C=O) groups excluding carboxylic acids is 3. The Hall–Kier alpha value is -3.39. The number of imide groups is 1. The topological polar surface area (TPSA) is 85.0 Å². The lowest BCUT2D eigenvalue weighted by Crippen LogP contribution is -2.45. The van der Waals surface area contributed by atoms with Crippen LogP contribution in [0.15, 0.2) is 48.5 Å². The molecule has 2 aliphatic rings. The van der Waals surface area contributed by atoms with Gasteiger partial charge in [-0.25, -0.2) is 4.79 Å². The first-order valence-corrected chi connectivity index (χ1v) is 10.5. The number of para-hydroxylation sites is 1. The van der Waals surface area contributed by atoms with Crippen molar-refractivity contribution in [2.75, 3.05) is 44.7 Å². The van der Waals surface area contributed by atoms with Crippen molar-refractivity contribution < 1.29 is 14.4 Å². The molecule has 2 N–H and O–H groups in total. The number of carbonyl (C=O) groups is 3. The van der Waals surface area contributed by atoms with Crippen molar-refractivity contribution in [1.29, 1.82) is 0 Å². The maximum atomic E-state index is 13.0. The smallest absolute Gasteiger partial charge is 0.324 e. The molecule has 0 atom stereocenters. The Kier molecular flexibility index (Phi) is 6.18. The van der Waals surface area contributed by atoms with E-state index in [-0.39, 0.29) is 24.9 Å². The van der Waals surface area contributed by atoms with Gasteiger partial charge in [0, 0.05) is 44.0 Å². The summed E-state index contributed by atoms with van der Waals surface area (Å²) < 4.78 is 0. The van der Waals surface area contributed by atoms with Crippen molar-refractivity contribution in [3.05, 3.63) is 65.2 Å². The van der Waals surface area contributed by atoms with Crippen LogP contribution < -0.4 is 15.5 Å². The number of nitrogens with one attached hydrogen (secondary N) is 2. The predicted molar refractivity (Wildman–Crippen MR) is 118 cm³/mol. The first-order valence-electron chi connectivity index (χ1n) is 10.5. The van der Waals surface area contributed by atoms with Crippen LogP contribution in [0.5, 0.6) is 0 Å². The SMILES string of the molecule is CN1CCN(c2ccccc2CNC(=O)c2ccccc2CN2C(=O)CNC2=O)CC1. The Morgan fingerprint density at radius 3 is 2.35 bits per heavy atom. The van der Waals surface area contributed by atoms with Crippen molar-refractivity contribution >= 4 is 23.5 Å². The van der Waals surface area contributed by atoms with Gasteiger partial charge in [0.05, 0.1) is 13.1 Å². The van der Waals surface area contributed by atoms with E-state index in [1.807, 2.05) is 18.2 Å². The molecule has 8 nitrogen and oxygen atoms in total. The van der Waals surface area contributed by atoms with Crippen LogP contribution in [0.25, 0.3) is 0 Å². The molecule has 2 fully saturated rings. The van der Waals surface area contributed by atoms with Gasteiger partial charge in [0.1, 0.15) is 0 Å². The zero-order chi connectivity index (χ0) is 21.8. The molecule has 8 heteroatoms. The fourth-order valence-corrected chi connectivity index (χ4v) is 3.95. The highest BCUT2D eigenvalue weighted by Gasteiger charge is 2.29. The van der Waals surface area contributed by atoms with E-state index in [0.29, 0.717) is 17.7 Å². The zero-order valence-corrected chi connectivity index (χ0v) is 17.6. The van der Waals surface area contributed by atoms with Gasteiger partial charge in [-0.3, -0.25) is 14.5 Å². The van der Waals surface area contributed by atoms with E-state index in [1.54, 1.807) is 24.3 Å². The molecule has 2 aliphatic heterocycles. The van der Waals surface area contributed by atoms with Crippen molar-refractivity contribution in [2.45, 2.75) is 13.1 Å². The predicted octanol–water partition coefficient (Wildman–Crippen LogP) is 1.42. The van der Waals surface area contributed by atoms with E-state index in [2.05, 4.69) is 33.5 Å². The van der Waals surface area contributed by atoms with Crippen LogP contribution in [0.2, 0.25) is 0 Å². The molecule has 2 heterocycles. The maximum Gasteiger partial charge on any atom is 0.324 e. The summed E-state index contributed by atoms with van der Waals surface area (Å²) in [4.78, 5) is 42.6. The Labute approximate surface area is 181 Å². The number of nitrogens with zero attached hydrogens (tertiary/aromatic N) is 3. The molecular formula is C23H27N5O3. The summed E-state index contributed by atoms with van der Waals surface area (Å²) in [5.74, 6) is -0.517. The fourth-order valence-electron chi connectivity index (χ4n) is 3.95. The number of rotatable bonds is 6. The van der Waals surface area contributed by atoms with Gasteiger partial charge < -0.3 is 20.4 Å². The average molecular weight is 422 g/mol. The molecule has 0 radical (unpaired) electrons. The summed E-state index contributed by atoms with van der Waals surface area (Å²) in [6, 6.07) is 14.8. The van der Waals surface area contributed by atoms with Crippen molar-refractivity contribution in [3.8, 4) is 0 Å². The van der Waals surface area contributed by atoms with E-state index in [0.717, 1.165) is 42.3 Å². The summed E-state index contributed by atoms with van der Waals surface area (Å²) in [5, 5.41) is 5.52. The molecule has 2 aromatic carbocycles. The lowest BCUT2D eigenvalue weighted by molar-refractivity contribution is -0.125. The van der Waals surface area contributed by atoms with E-state index in [4.69, 9.17) is 0 Å². The van der Waals surface area contributed by atoms with Crippen molar-refractivity contribution in [3.63, 3.8) is 0 Å². The monoisotopic (exact) mass is 421 g/mol. The third kappa shape index (κ3) is 4.69. The van der Waals surface area contributed by atoms with Gasteiger partial charge in [-0.05, 0) is 30.3 Å². The largest absolute Gasteiger partial charge is 0.369 e. The molecule has 4 rings (SSSR count). The van der Waals surface area contributed by atoms with Gasteiger partial charge >= 0.3 is 6.03 Å². The Bertz CT molecular complexity index is 969. The molecule has 0 bridgehead atoms. The molecule has 0 spiro atoms. The molecule has 0 saturated carbocycles. The molecule has 31 heavy (non-hydrogen) atoms. The quantitative estimate of drug-likeness (QED) is 0.689. The van der Waals surface area contributed by atoms with E-state index in [1.165, 1.54) is 0 Å². The number of urea groups is 1. The van der Waals surface area contributed by atoms with Crippen LogP contribution in [-0.4, -0.2) is 67.4 Å². The van der Waals surface area contributed by atoms with Gasteiger partial charge in [-0.15, -0.1) is 0 Å². The normalized spacial score (nSPS) is 17.1. The van der Waals surface area contributed by atoms with Gasteiger partial charge in [0.15, 0.2) is 0 Å². The highest BCUT2D eigenvalue weighted by atomic mass is 16.2. The fraction of sp³-hybridized carbons (Fsp3) is 0.348.